The average molecular weight is 146 g/mol. The molecular formula is C8H8N3. The van der Waals surface area contributed by atoms with Crippen LogP contribution < -0.4 is 0 Å². The average Bonchev–Trinajstić information content (AvgIpc) is 2.30. The molecule has 2 heterocycles. The van der Waals surface area contributed by atoms with Crippen LogP contribution in [0.5, 0.6) is 0 Å². The lowest BCUT2D eigenvalue weighted by molar-refractivity contribution is 0.782. The lowest BCUT2D eigenvalue weighted by atomic mass is 10.3. The van der Waals surface area contributed by atoms with E-state index in [9.17, 15) is 0 Å². The van der Waals surface area contributed by atoms with Crippen LogP contribution in [-0.2, 0) is 7.05 Å². The van der Waals surface area contributed by atoms with Gasteiger partial charge in [-0.05, 0) is 13.0 Å². The molecule has 3 nitrogen and oxygen atoms in total. The molecule has 3 heteroatoms. The molecule has 0 aliphatic heterocycles. The molecule has 55 valence electrons. The Hall–Kier alpha value is -1.38. The number of hydrogen-bond donors (Lipinski definition) is 0. The van der Waals surface area contributed by atoms with Gasteiger partial charge in [-0.2, -0.15) is 5.10 Å². The van der Waals surface area contributed by atoms with Gasteiger partial charge in [0.25, 0.3) is 0 Å². The van der Waals surface area contributed by atoms with E-state index in [2.05, 4.69) is 16.3 Å². The topological polar surface area (TPSA) is 30.7 Å². The first-order valence-electron chi connectivity index (χ1n) is 3.44. The van der Waals surface area contributed by atoms with Crippen molar-refractivity contribution in [3.8, 4) is 0 Å². The molecule has 2 aromatic rings. The first-order chi connectivity index (χ1) is 5.29. The molecule has 0 N–H and O–H groups in total. The maximum absolute atomic E-state index is 4.25. The van der Waals surface area contributed by atoms with Crippen LogP contribution >= 0.6 is 0 Å². The van der Waals surface area contributed by atoms with E-state index in [0.29, 0.717) is 0 Å². The standard InChI is InChI=1S/C8H8N3/c1-6-7-3-4-9-5-8(7)11(2)10-6/h3,5H,1-2H3. The van der Waals surface area contributed by atoms with Crippen molar-refractivity contribution in [2.45, 2.75) is 6.92 Å². The van der Waals surface area contributed by atoms with E-state index < -0.39 is 0 Å². The van der Waals surface area contributed by atoms with Crippen molar-refractivity contribution in [2.24, 2.45) is 7.05 Å². The van der Waals surface area contributed by atoms with E-state index in [-0.39, 0.29) is 0 Å². The molecule has 0 bridgehead atoms. The number of hydrogen-bond acceptors (Lipinski definition) is 2. The fourth-order valence-corrected chi connectivity index (χ4v) is 1.22. The van der Waals surface area contributed by atoms with E-state index in [4.69, 9.17) is 0 Å². The lowest BCUT2D eigenvalue weighted by Gasteiger charge is -1.89. The summed E-state index contributed by atoms with van der Waals surface area (Å²) in [4.78, 5) is 3.90. The Bertz CT molecular complexity index is 353. The number of fused-ring (bicyclic) bond motifs is 1. The molecule has 11 heavy (non-hydrogen) atoms. The molecule has 0 aliphatic carbocycles. The van der Waals surface area contributed by atoms with Crippen molar-refractivity contribution in [3.05, 3.63) is 24.2 Å². The lowest BCUT2D eigenvalue weighted by Crippen LogP contribution is -1.89. The van der Waals surface area contributed by atoms with Gasteiger partial charge in [0, 0.05) is 12.4 Å². The summed E-state index contributed by atoms with van der Waals surface area (Å²) in [7, 11) is 1.91. The van der Waals surface area contributed by atoms with Gasteiger partial charge < -0.3 is 0 Å². The molecule has 1 radical (unpaired) electrons. The zero-order valence-electron chi connectivity index (χ0n) is 6.50. The highest BCUT2D eigenvalue weighted by Gasteiger charge is 2.01. The Kier molecular flexibility index (Phi) is 1.18. The Balaban J connectivity index is 2.95. The Morgan fingerprint density at radius 3 is 3.09 bits per heavy atom. The summed E-state index contributed by atoms with van der Waals surface area (Å²) in [5.74, 6) is 0. The second-order valence-corrected chi connectivity index (χ2v) is 2.54. The van der Waals surface area contributed by atoms with Crippen LogP contribution in [-0.4, -0.2) is 14.8 Å². The van der Waals surface area contributed by atoms with Crippen LogP contribution in [0.15, 0.2) is 12.3 Å². The van der Waals surface area contributed by atoms with Crippen molar-refractivity contribution < 1.29 is 0 Å². The second-order valence-electron chi connectivity index (χ2n) is 2.54. The molecule has 0 saturated heterocycles. The zero-order chi connectivity index (χ0) is 7.84. The van der Waals surface area contributed by atoms with E-state index in [1.165, 1.54) is 0 Å². The van der Waals surface area contributed by atoms with E-state index in [1.807, 2.05) is 24.7 Å². The molecule has 0 unspecified atom stereocenters. The first kappa shape index (κ1) is 6.34. The highest BCUT2D eigenvalue weighted by atomic mass is 15.3. The molecule has 2 aromatic heterocycles. The van der Waals surface area contributed by atoms with Gasteiger partial charge in [0.15, 0.2) is 0 Å². The molecular weight excluding hydrogens is 138 g/mol. The van der Waals surface area contributed by atoms with Crippen LogP contribution in [0, 0.1) is 13.1 Å². The number of pyridine rings is 1. The minimum absolute atomic E-state index is 1.03. The predicted octanol–water partition coefficient (Wildman–Crippen LogP) is 1.08. The van der Waals surface area contributed by atoms with Gasteiger partial charge >= 0.3 is 0 Å². The van der Waals surface area contributed by atoms with Crippen molar-refractivity contribution >= 4 is 10.9 Å². The molecule has 0 aromatic carbocycles. The first-order valence-corrected chi connectivity index (χ1v) is 3.44. The number of aryl methyl sites for hydroxylation is 2. The summed E-state index contributed by atoms with van der Waals surface area (Å²) in [6.45, 7) is 1.98. The summed E-state index contributed by atoms with van der Waals surface area (Å²) < 4.78 is 1.82. The third-order valence-electron chi connectivity index (χ3n) is 1.78. The smallest absolute Gasteiger partial charge is 0.0894 e. The van der Waals surface area contributed by atoms with Crippen LogP contribution in [0.25, 0.3) is 10.9 Å². The number of nitrogens with zero attached hydrogens (tertiary/aromatic N) is 3. The molecule has 0 aliphatic rings. The predicted molar refractivity (Wildman–Crippen MR) is 42.1 cm³/mol. The molecule has 0 amide bonds. The maximum Gasteiger partial charge on any atom is 0.0894 e. The Morgan fingerprint density at radius 1 is 1.55 bits per heavy atom. The van der Waals surface area contributed by atoms with E-state index >= 15 is 0 Å². The minimum atomic E-state index is 1.03. The Labute approximate surface area is 64.7 Å². The van der Waals surface area contributed by atoms with Gasteiger partial charge in [-0.3, -0.25) is 9.67 Å². The van der Waals surface area contributed by atoms with E-state index in [1.54, 1.807) is 6.20 Å². The van der Waals surface area contributed by atoms with Gasteiger partial charge in [0.1, 0.15) is 0 Å². The van der Waals surface area contributed by atoms with Crippen molar-refractivity contribution in [2.75, 3.05) is 0 Å². The summed E-state index contributed by atoms with van der Waals surface area (Å²) >= 11 is 0. The molecule has 2 rings (SSSR count). The maximum atomic E-state index is 4.25. The van der Waals surface area contributed by atoms with Crippen LogP contribution in [0.3, 0.4) is 0 Å². The Morgan fingerprint density at radius 2 is 2.36 bits per heavy atom. The van der Waals surface area contributed by atoms with E-state index in [0.717, 1.165) is 16.6 Å². The highest BCUT2D eigenvalue weighted by molar-refractivity contribution is 5.80. The SMILES string of the molecule is Cc1nn(C)c2cn[c]cc12. The van der Waals surface area contributed by atoms with Crippen molar-refractivity contribution in [1.29, 1.82) is 0 Å². The van der Waals surface area contributed by atoms with Gasteiger partial charge in [-0.15, -0.1) is 0 Å². The number of rotatable bonds is 0. The summed E-state index contributed by atoms with van der Waals surface area (Å²) in [6.07, 6.45) is 4.56. The van der Waals surface area contributed by atoms with Gasteiger partial charge in [0.05, 0.1) is 23.6 Å². The normalized spacial score (nSPS) is 10.7. The summed E-state index contributed by atoms with van der Waals surface area (Å²) in [5, 5.41) is 5.37. The summed E-state index contributed by atoms with van der Waals surface area (Å²) in [6, 6.07) is 1.86. The van der Waals surface area contributed by atoms with Crippen LogP contribution in [0.1, 0.15) is 5.69 Å². The largest absolute Gasteiger partial charge is 0.266 e. The fraction of sp³-hybridized carbons (Fsp3) is 0.250. The quantitative estimate of drug-likeness (QED) is 0.556. The van der Waals surface area contributed by atoms with Crippen LogP contribution in [0.4, 0.5) is 0 Å². The monoisotopic (exact) mass is 146 g/mol. The number of aromatic nitrogens is 3. The third-order valence-corrected chi connectivity index (χ3v) is 1.78. The minimum Gasteiger partial charge on any atom is -0.266 e. The highest BCUT2D eigenvalue weighted by Crippen LogP contribution is 2.13. The molecule has 0 atom stereocenters. The summed E-state index contributed by atoms with van der Waals surface area (Å²) in [5.41, 5.74) is 2.09. The molecule has 0 fully saturated rings. The molecule has 0 spiro atoms. The fourth-order valence-electron chi connectivity index (χ4n) is 1.22. The van der Waals surface area contributed by atoms with Crippen LogP contribution in [0.2, 0.25) is 0 Å². The van der Waals surface area contributed by atoms with Crippen molar-refractivity contribution in [1.82, 2.24) is 14.8 Å². The third kappa shape index (κ3) is 0.808. The zero-order valence-corrected chi connectivity index (χ0v) is 6.50. The van der Waals surface area contributed by atoms with Gasteiger partial charge in [-0.25, -0.2) is 0 Å². The van der Waals surface area contributed by atoms with Gasteiger partial charge in [-0.1, -0.05) is 0 Å². The molecule has 0 saturated carbocycles. The van der Waals surface area contributed by atoms with Crippen molar-refractivity contribution in [3.63, 3.8) is 0 Å². The van der Waals surface area contributed by atoms with Gasteiger partial charge in [0.2, 0.25) is 0 Å². The second kappa shape index (κ2) is 2.05.